The van der Waals surface area contributed by atoms with Crippen LogP contribution in [0.3, 0.4) is 0 Å². The van der Waals surface area contributed by atoms with E-state index in [4.69, 9.17) is 5.73 Å². The minimum atomic E-state index is 0. The maximum atomic E-state index is 12.6. The van der Waals surface area contributed by atoms with Crippen molar-refractivity contribution in [3.8, 4) is 0 Å². The lowest BCUT2D eigenvalue weighted by Crippen LogP contribution is -2.55. The summed E-state index contributed by atoms with van der Waals surface area (Å²) in [6.07, 6.45) is 2.49. The Bertz CT molecular complexity index is 490. The SMILES string of the molecule is CC(C)N(C)C(=O)C1CCN(C(=O)CN2CCC(N)C(C)(C)C2)CC1.Cl. The third kappa shape index (κ3) is 5.57. The third-order valence-electron chi connectivity index (χ3n) is 6.07. The molecule has 26 heavy (non-hydrogen) atoms. The first-order valence-corrected chi connectivity index (χ1v) is 9.64. The van der Waals surface area contributed by atoms with Gasteiger partial charge in [0.2, 0.25) is 11.8 Å². The first-order chi connectivity index (χ1) is 11.6. The van der Waals surface area contributed by atoms with E-state index in [1.807, 2.05) is 30.7 Å². The molecule has 2 amide bonds. The smallest absolute Gasteiger partial charge is 0.236 e. The van der Waals surface area contributed by atoms with Gasteiger partial charge in [0.25, 0.3) is 0 Å². The Morgan fingerprint density at radius 1 is 1.15 bits per heavy atom. The Morgan fingerprint density at radius 3 is 2.23 bits per heavy atom. The monoisotopic (exact) mass is 388 g/mol. The molecule has 2 fully saturated rings. The zero-order chi connectivity index (χ0) is 18.8. The molecule has 2 aliphatic rings. The van der Waals surface area contributed by atoms with Gasteiger partial charge in [0.1, 0.15) is 0 Å². The summed E-state index contributed by atoms with van der Waals surface area (Å²) >= 11 is 0. The number of nitrogens with two attached hydrogens (primary N) is 1. The summed E-state index contributed by atoms with van der Waals surface area (Å²) in [4.78, 5) is 31.1. The molecule has 1 unspecified atom stereocenters. The van der Waals surface area contributed by atoms with Crippen molar-refractivity contribution < 1.29 is 9.59 Å². The van der Waals surface area contributed by atoms with E-state index in [0.717, 1.165) is 32.4 Å². The van der Waals surface area contributed by atoms with E-state index < -0.39 is 0 Å². The number of likely N-dealkylation sites (tertiary alicyclic amines) is 2. The van der Waals surface area contributed by atoms with Crippen LogP contribution in [0.5, 0.6) is 0 Å². The van der Waals surface area contributed by atoms with Crippen LogP contribution >= 0.6 is 12.4 Å². The first-order valence-electron chi connectivity index (χ1n) is 9.64. The molecule has 0 saturated carbocycles. The predicted octanol–water partition coefficient (Wildman–Crippen LogP) is 1.57. The summed E-state index contributed by atoms with van der Waals surface area (Å²) in [6.45, 7) is 12.0. The van der Waals surface area contributed by atoms with E-state index in [0.29, 0.717) is 19.6 Å². The van der Waals surface area contributed by atoms with Crippen LogP contribution in [0.1, 0.15) is 47.0 Å². The van der Waals surface area contributed by atoms with Gasteiger partial charge in [-0.1, -0.05) is 13.8 Å². The van der Waals surface area contributed by atoms with Gasteiger partial charge in [-0.05, 0) is 38.5 Å². The number of carbonyl (C=O) groups is 2. The molecule has 1 atom stereocenters. The molecule has 0 aromatic carbocycles. The molecule has 7 heteroatoms. The number of hydrogen-bond acceptors (Lipinski definition) is 4. The fourth-order valence-electron chi connectivity index (χ4n) is 3.83. The highest BCUT2D eigenvalue weighted by atomic mass is 35.5. The number of nitrogens with zero attached hydrogens (tertiary/aromatic N) is 3. The van der Waals surface area contributed by atoms with Gasteiger partial charge in [-0.2, -0.15) is 0 Å². The topological polar surface area (TPSA) is 69.9 Å². The predicted molar refractivity (Wildman–Crippen MR) is 107 cm³/mol. The number of amides is 2. The summed E-state index contributed by atoms with van der Waals surface area (Å²) < 4.78 is 0. The standard InChI is InChI=1S/C19H36N4O2.ClH/c1-14(2)21(5)18(25)15-6-10-23(11-7-15)17(24)12-22-9-8-16(20)19(3,4)13-22;/h14-16H,6-13,20H2,1-5H3;1H. The second kappa shape index (κ2) is 9.38. The Balaban J connectivity index is 0.00000338. The van der Waals surface area contributed by atoms with Crippen molar-refractivity contribution in [3.63, 3.8) is 0 Å². The van der Waals surface area contributed by atoms with Gasteiger partial charge in [-0.25, -0.2) is 0 Å². The molecule has 2 N–H and O–H groups in total. The number of carbonyl (C=O) groups excluding carboxylic acids is 2. The lowest BCUT2D eigenvalue weighted by Gasteiger charge is -2.43. The zero-order valence-electron chi connectivity index (χ0n) is 17.0. The van der Waals surface area contributed by atoms with Crippen LogP contribution in [0.15, 0.2) is 0 Å². The Kier molecular flexibility index (Phi) is 8.36. The number of hydrogen-bond donors (Lipinski definition) is 1. The van der Waals surface area contributed by atoms with Crippen molar-refractivity contribution in [2.75, 3.05) is 39.8 Å². The molecule has 0 spiro atoms. The second-order valence-corrected chi connectivity index (χ2v) is 8.79. The largest absolute Gasteiger partial charge is 0.343 e. The van der Waals surface area contributed by atoms with E-state index >= 15 is 0 Å². The highest BCUT2D eigenvalue weighted by molar-refractivity contribution is 5.85. The first kappa shape index (κ1) is 23.2. The van der Waals surface area contributed by atoms with Crippen molar-refractivity contribution in [1.82, 2.24) is 14.7 Å². The highest BCUT2D eigenvalue weighted by Gasteiger charge is 2.35. The molecule has 2 heterocycles. The Hall–Kier alpha value is -0.850. The molecule has 2 aliphatic heterocycles. The molecular weight excluding hydrogens is 352 g/mol. The molecule has 0 radical (unpaired) electrons. The van der Waals surface area contributed by atoms with Crippen molar-refractivity contribution >= 4 is 24.2 Å². The van der Waals surface area contributed by atoms with Crippen molar-refractivity contribution in [2.45, 2.75) is 59.0 Å². The van der Waals surface area contributed by atoms with E-state index in [1.165, 1.54) is 0 Å². The highest BCUT2D eigenvalue weighted by Crippen LogP contribution is 2.28. The minimum absolute atomic E-state index is 0. The lowest BCUT2D eigenvalue weighted by atomic mass is 9.80. The quantitative estimate of drug-likeness (QED) is 0.793. The lowest BCUT2D eigenvalue weighted by molar-refractivity contribution is -0.141. The molecule has 152 valence electrons. The number of rotatable bonds is 4. The van der Waals surface area contributed by atoms with Crippen LogP contribution in [-0.2, 0) is 9.59 Å². The summed E-state index contributed by atoms with van der Waals surface area (Å²) in [5, 5.41) is 0. The van der Waals surface area contributed by atoms with Crippen LogP contribution < -0.4 is 5.73 Å². The van der Waals surface area contributed by atoms with E-state index in [2.05, 4.69) is 18.7 Å². The third-order valence-corrected chi connectivity index (χ3v) is 6.07. The van der Waals surface area contributed by atoms with Crippen LogP contribution in [0, 0.1) is 11.3 Å². The maximum absolute atomic E-state index is 12.6. The fraction of sp³-hybridized carbons (Fsp3) is 0.895. The van der Waals surface area contributed by atoms with Gasteiger partial charge in [0.05, 0.1) is 6.54 Å². The van der Waals surface area contributed by atoms with Crippen LogP contribution in [0.25, 0.3) is 0 Å². The van der Waals surface area contributed by atoms with Gasteiger partial charge in [0.15, 0.2) is 0 Å². The molecule has 0 aromatic rings. The van der Waals surface area contributed by atoms with Crippen LogP contribution in [0.2, 0.25) is 0 Å². The van der Waals surface area contributed by atoms with Gasteiger partial charge < -0.3 is 15.5 Å². The van der Waals surface area contributed by atoms with E-state index in [1.54, 1.807) is 0 Å². The summed E-state index contributed by atoms with van der Waals surface area (Å²) in [6, 6.07) is 0.430. The van der Waals surface area contributed by atoms with E-state index in [9.17, 15) is 9.59 Å². The zero-order valence-corrected chi connectivity index (χ0v) is 17.8. The van der Waals surface area contributed by atoms with Gasteiger partial charge >= 0.3 is 0 Å². The minimum Gasteiger partial charge on any atom is -0.343 e. The van der Waals surface area contributed by atoms with Gasteiger partial charge in [0, 0.05) is 51.2 Å². The Morgan fingerprint density at radius 2 is 1.73 bits per heavy atom. The van der Waals surface area contributed by atoms with Crippen molar-refractivity contribution in [1.29, 1.82) is 0 Å². The van der Waals surface area contributed by atoms with Gasteiger partial charge in [-0.15, -0.1) is 12.4 Å². The normalized spacial score (nSPS) is 24.3. The van der Waals surface area contributed by atoms with E-state index in [-0.39, 0.29) is 47.6 Å². The molecular formula is C19H37ClN4O2. The Labute approximate surface area is 164 Å². The van der Waals surface area contributed by atoms with Crippen LogP contribution in [0.4, 0.5) is 0 Å². The average molecular weight is 389 g/mol. The molecule has 2 saturated heterocycles. The summed E-state index contributed by atoms with van der Waals surface area (Å²) in [5.74, 6) is 0.464. The van der Waals surface area contributed by atoms with Crippen molar-refractivity contribution in [3.05, 3.63) is 0 Å². The summed E-state index contributed by atoms with van der Waals surface area (Å²) in [5.41, 5.74) is 6.23. The summed E-state index contributed by atoms with van der Waals surface area (Å²) in [7, 11) is 1.87. The number of piperidine rings is 2. The second-order valence-electron chi connectivity index (χ2n) is 8.79. The number of halogens is 1. The molecule has 0 aliphatic carbocycles. The maximum Gasteiger partial charge on any atom is 0.236 e. The average Bonchev–Trinajstić information content (AvgIpc) is 2.56. The fourth-order valence-corrected chi connectivity index (χ4v) is 3.83. The molecule has 2 rings (SSSR count). The van der Waals surface area contributed by atoms with Gasteiger partial charge in [-0.3, -0.25) is 14.5 Å². The van der Waals surface area contributed by atoms with Crippen LogP contribution in [-0.4, -0.2) is 78.4 Å². The van der Waals surface area contributed by atoms with Crippen molar-refractivity contribution in [2.24, 2.45) is 17.1 Å². The molecule has 6 nitrogen and oxygen atoms in total. The molecule has 0 bridgehead atoms. The molecule has 0 aromatic heterocycles.